The zero-order chi connectivity index (χ0) is 18.5. The van der Waals surface area contributed by atoms with Crippen LogP contribution in [0.15, 0.2) is 22.7 Å². The molecule has 0 aromatic heterocycles. The molecule has 3 rings (SSSR count). The Morgan fingerprint density at radius 2 is 1.69 bits per heavy atom. The summed E-state index contributed by atoms with van der Waals surface area (Å²) in [4.78, 5) is 21.6. The second-order valence-electron chi connectivity index (χ2n) is 6.90. The van der Waals surface area contributed by atoms with Crippen molar-refractivity contribution >= 4 is 27.5 Å². The van der Waals surface area contributed by atoms with Crippen molar-refractivity contribution in [2.24, 2.45) is 0 Å². The third-order valence-corrected chi connectivity index (χ3v) is 6.06. The number of methoxy groups -OCH3 is 1. The van der Waals surface area contributed by atoms with Crippen LogP contribution in [0.2, 0.25) is 0 Å². The van der Waals surface area contributed by atoms with Gasteiger partial charge in [-0.05, 0) is 34.6 Å². The highest BCUT2D eigenvalue weighted by Gasteiger charge is 2.24. The number of carbonyl (C=O) groups is 1. The van der Waals surface area contributed by atoms with E-state index in [4.69, 9.17) is 4.74 Å². The minimum atomic E-state index is 0.277. The standard InChI is InChI=1S/C19H29BrN4O2/c1-3-21-6-12-24(13-7-21)19(25)15-22-8-10-23(11-9-22)16-4-5-17(20)18(14-16)26-2/h4-5,14H,3,6-13,15H2,1-2H3. The minimum Gasteiger partial charge on any atom is -0.495 e. The van der Waals surface area contributed by atoms with Gasteiger partial charge in [0.1, 0.15) is 5.75 Å². The molecule has 2 saturated heterocycles. The lowest BCUT2D eigenvalue weighted by atomic mass is 10.2. The van der Waals surface area contributed by atoms with E-state index < -0.39 is 0 Å². The molecule has 2 fully saturated rings. The molecule has 7 heteroatoms. The van der Waals surface area contributed by atoms with Gasteiger partial charge in [0.25, 0.3) is 0 Å². The molecule has 0 atom stereocenters. The molecule has 2 heterocycles. The van der Waals surface area contributed by atoms with Crippen molar-refractivity contribution < 1.29 is 9.53 Å². The number of hydrogen-bond donors (Lipinski definition) is 0. The summed E-state index contributed by atoms with van der Waals surface area (Å²) < 4.78 is 6.36. The molecule has 2 aliphatic rings. The van der Waals surface area contributed by atoms with Crippen LogP contribution in [0, 0.1) is 0 Å². The van der Waals surface area contributed by atoms with Crippen molar-refractivity contribution in [1.82, 2.24) is 14.7 Å². The highest BCUT2D eigenvalue weighted by molar-refractivity contribution is 9.10. The van der Waals surface area contributed by atoms with Gasteiger partial charge in [0.05, 0.1) is 18.1 Å². The summed E-state index contributed by atoms with van der Waals surface area (Å²) in [6.45, 7) is 11.2. The molecule has 0 bridgehead atoms. The molecular formula is C19H29BrN4O2. The first kappa shape index (κ1) is 19.5. The van der Waals surface area contributed by atoms with Gasteiger partial charge in [0, 0.05) is 64.1 Å². The van der Waals surface area contributed by atoms with E-state index >= 15 is 0 Å². The van der Waals surface area contributed by atoms with Crippen molar-refractivity contribution in [1.29, 1.82) is 0 Å². The van der Waals surface area contributed by atoms with Crippen LogP contribution >= 0.6 is 15.9 Å². The minimum absolute atomic E-state index is 0.277. The van der Waals surface area contributed by atoms with Crippen molar-refractivity contribution in [3.8, 4) is 5.75 Å². The van der Waals surface area contributed by atoms with Gasteiger partial charge in [-0.2, -0.15) is 0 Å². The fourth-order valence-electron chi connectivity index (χ4n) is 3.61. The van der Waals surface area contributed by atoms with Gasteiger partial charge in [-0.3, -0.25) is 9.69 Å². The Balaban J connectivity index is 1.47. The number of piperazine rings is 2. The van der Waals surface area contributed by atoms with E-state index in [-0.39, 0.29) is 5.91 Å². The number of carbonyl (C=O) groups excluding carboxylic acids is 1. The summed E-state index contributed by atoms with van der Waals surface area (Å²) in [7, 11) is 1.69. The van der Waals surface area contributed by atoms with E-state index in [2.05, 4.69) is 49.7 Å². The first-order valence-electron chi connectivity index (χ1n) is 9.41. The van der Waals surface area contributed by atoms with E-state index in [0.29, 0.717) is 6.54 Å². The molecule has 0 spiro atoms. The van der Waals surface area contributed by atoms with Crippen molar-refractivity contribution in [3.63, 3.8) is 0 Å². The number of ether oxygens (including phenoxy) is 1. The first-order chi connectivity index (χ1) is 12.6. The summed E-state index contributed by atoms with van der Waals surface area (Å²) in [6, 6.07) is 6.21. The van der Waals surface area contributed by atoms with Crippen LogP contribution in [0.25, 0.3) is 0 Å². The lowest BCUT2D eigenvalue weighted by Crippen LogP contribution is -2.53. The van der Waals surface area contributed by atoms with Crippen molar-refractivity contribution in [2.75, 3.05) is 77.5 Å². The highest BCUT2D eigenvalue weighted by atomic mass is 79.9. The summed E-state index contributed by atoms with van der Waals surface area (Å²) in [5.74, 6) is 1.13. The molecule has 1 amide bonds. The van der Waals surface area contributed by atoms with E-state index in [1.807, 2.05) is 11.0 Å². The molecule has 6 nitrogen and oxygen atoms in total. The Bertz CT molecular complexity index is 612. The number of benzene rings is 1. The van der Waals surface area contributed by atoms with Crippen molar-refractivity contribution in [2.45, 2.75) is 6.92 Å². The molecule has 1 aromatic rings. The van der Waals surface area contributed by atoms with E-state index in [1.165, 1.54) is 5.69 Å². The molecule has 0 N–H and O–H groups in total. The fraction of sp³-hybridized carbons (Fsp3) is 0.632. The predicted molar refractivity (Wildman–Crippen MR) is 108 cm³/mol. The van der Waals surface area contributed by atoms with Crippen LogP contribution in [0.4, 0.5) is 5.69 Å². The Morgan fingerprint density at radius 3 is 2.31 bits per heavy atom. The van der Waals surface area contributed by atoms with Crippen LogP contribution < -0.4 is 9.64 Å². The molecule has 0 saturated carbocycles. The summed E-state index contributed by atoms with van der Waals surface area (Å²) in [6.07, 6.45) is 0. The van der Waals surface area contributed by atoms with Gasteiger partial charge in [-0.25, -0.2) is 0 Å². The lowest BCUT2D eigenvalue weighted by Gasteiger charge is -2.38. The van der Waals surface area contributed by atoms with Gasteiger partial charge in [-0.1, -0.05) is 6.92 Å². The normalized spacial score (nSPS) is 19.7. The average Bonchev–Trinajstić information content (AvgIpc) is 2.69. The maximum Gasteiger partial charge on any atom is 0.236 e. The van der Waals surface area contributed by atoms with Gasteiger partial charge < -0.3 is 19.4 Å². The third-order valence-electron chi connectivity index (χ3n) is 5.40. The molecule has 0 radical (unpaired) electrons. The van der Waals surface area contributed by atoms with Gasteiger partial charge in [-0.15, -0.1) is 0 Å². The zero-order valence-electron chi connectivity index (χ0n) is 15.8. The monoisotopic (exact) mass is 424 g/mol. The number of nitrogens with zero attached hydrogens (tertiary/aromatic N) is 4. The van der Waals surface area contributed by atoms with Crippen LogP contribution in [-0.2, 0) is 4.79 Å². The van der Waals surface area contributed by atoms with Gasteiger partial charge >= 0.3 is 0 Å². The van der Waals surface area contributed by atoms with Crippen LogP contribution in [0.3, 0.4) is 0 Å². The Labute approximate surface area is 164 Å². The maximum atomic E-state index is 12.6. The molecule has 1 aromatic carbocycles. The SMILES string of the molecule is CCN1CCN(C(=O)CN2CCN(c3ccc(Br)c(OC)c3)CC2)CC1. The van der Waals surface area contributed by atoms with Gasteiger partial charge in [0.2, 0.25) is 5.91 Å². The number of hydrogen-bond acceptors (Lipinski definition) is 5. The number of likely N-dealkylation sites (N-methyl/N-ethyl adjacent to an activating group) is 1. The fourth-order valence-corrected chi connectivity index (χ4v) is 4.02. The molecule has 0 aliphatic carbocycles. The zero-order valence-corrected chi connectivity index (χ0v) is 17.4. The van der Waals surface area contributed by atoms with Crippen LogP contribution in [0.1, 0.15) is 6.92 Å². The molecule has 2 aliphatic heterocycles. The molecular weight excluding hydrogens is 396 g/mol. The lowest BCUT2D eigenvalue weighted by molar-refractivity contribution is -0.134. The smallest absolute Gasteiger partial charge is 0.236 e. The first-order valence-corrected chi connectivity index (χ1v) is 10.2. The topological polar surface area (TPSA) is 39.3 Å². The van der Waals surface area contributed by atoms with Crippen LogP contribution in [-0.4, -0.2) is 93.2 Å². The maximum absolute atomic E-state index is 12.6. The van der Waals surface area contributed by atoms with Crippen molar-refractivity contribution in [3.05, 3.63) is 22.7 Å². The quantitative estimate of drug-likeness (QED) is 0.719. The largest absolute Gasteiger partial charge is 0.495 e. The Hall–Kier alpha value is -1.31. The van der Waals surface area contributed by atoms with Gasteiger partial charge in [0.15, 0.2) is 0 Å². The average molecular weight is 425 g/mol. The predicted octanol–water partition coefficient (Wildman–Crippen LogP) is 1.74. The van der Waals surface area contributed by atoms with E-state index in [9.17, 15) is 4.79 Å². The second-order valence-corrected chi connectivity index (χ2v) is 7.75. The summed E-state index contributed by atoms with van der Waals surface area (Å²) in [5.41, 5.74) is 1.17. The Kier molecular flexibility index (Phi) is 6.78. The Morgan fingerprint density at radius 1 is 1.04 bits per heavy atom. The number of halogens is 1. The molecule has 26 heavy (non-hydrogen) atoms. The highest BCUT2D eigenvalue weighted by Crippen LogP contribution is 2.30. The summed E-state index contributed by atoms with van der Waals surface area (Å²) in [5, 5.41) is 0. The third kappa shape index (κ3) is 4.69. The number of anilines is 1. The molecule has 0 unspecified atom stereocenters. The molecule has 144 valence electrons. The number of amides is 1. The summed E-state index contributed by atoms with van der Waals surface area (Å²) >= 11 is 3.50. The second kappa shape index (κ2) is 9.06. The van der Waals surface area contributed by atoms with E-state index in [0.717, 1.165) is 69.1 Å². The van der Waals surface area contributed by atoms with Crippen LogP contribution in [0.5, 0.6) is 5.75 Å². The number of rotatable bonds is 5. The van der Waals surface area contributed by atoms with E-state index in [1.54, 1.807) is 7.11 Å².